The lowest BCUT2D eigenvalue weighted by Gasteiger charge is -2.54. The molecular formula is C30H41N5O3. The van der Waals surface area contributed by atoms with Crippen molar-refractivity contribution in [2.24, 2.45) is 0 Å². The van der Waals surface area contributed by atoms with Gasteiger partial charge in [-0.1, -0.05) is 68.6 Å². The number of carbonyl (C=O) groups excluding carboxylic acids is 2. The van der Waals surface area contributed by atoms with E-state index < -0.39 is 6.17 Å². The molecule has 204 valence electrons. The molecule has 1 unspecified atom stereocenters. The molecule has 1 aromatic carbocycles. The maximum atomic E-state index is 13.2. The minimum Gasteiger partial charge on any atom is -0.498 e. The fourth-order valence-electron chi connectivity index (χ4n) is 4.64. The number of piperazine rings is 1. The number of nitrogens with one attached hydrogen (secondary N) is 1. The van der Waals surface area contributed by atoms with Crippen molar-refractivity contribution in [2.45, 2.75) is 39.9 Å². The van der Waals surface area contributed by atoms with E-state index in [2.05, 4.69) is 32.0 Å². The predicted octanol–water partition coefficient (Wildman–Crippen LogP) is 3.80. The van der Waals surface area contributed by atoms with Gasteiger partial charge in [-0.3, -0.25) is 14.6 Å². The summed E-state index contributed by atoms with van der Waals surface area (Å²) in [6.07, 6.45) is 5.94. The summed E-state index contributed by atoms with van der Waals surface area (Å²) >= 11 is 0. The van der Waals surface area contributed by atoms with E-state index in [-0.39, 0.29) is 24.9 Å². The summed E-state index contributed by atoms with van der Waals surface area (Å²) in [5.74, 6) is 1.31. The number of benzene rings is 1. The van der Waals surface area contributed by atoms with Gasteiger partial charge in [0.25, 0.3) is 0 Å². The highest BCUT2D eigenvalue weighted by Gasteiger charge is 2.45. The normalized spacial score (nSPS) is 19.1. The Morgan fingerprint density at radius 1 is 1.13 bits per heavy atom. The molecule has 1 aromatic rings. The number of carbonyl (C=O) groups is 2. The van der Waals surface area contributed by atoms with Crippen LogP contribution in [0.25, 0.3) is 0 Å². The van der Waals surface area contributed by atoms with Crippen LogP contribution in [0.2, 0.25) is 0 Å². The van der Waals surface area contributed by atoms with E-state index in [4.69, 9.17) is 4.74 Å². The van der Waals surface area contributed by atoms with Gasteiger partial charge in [0, 0.05) is 19.6 Å². The van der Waals surface area contributed by atoms with Crippen LogP contribution < -0.4 is 5.32 Å². The van der Waals surface area contributed by atoms with Crippen LogP contribution in [0, 0.1) is 0 Å². The second-order valence-corrected chi connectivity index (χ2v) is 9.50. The van der Waals surface area contributed by atoms with Gasteiger partial charge in [0.05, 0.1) is 25.5 Å². The Bertz CT molecular complexity index is 1090. The Balaban J connectivity index is 1.85. The fraction of sp³-hybridized carbons (Fsp3) is 0.400. The first kappa shape index (κ1) is 28.8. The molecule has 3 rings (SSSR count). The van der Waals surface area contributed by atoms with E-state index in [0.29, 0.717) is 38.6 Å². The zero-order valence-corrected chi connectivity index (χ0v) is 23.0. The lowest BCUT2D eigenvalue weighted by molar-refractivity contribution is -0.185. The molecule has 2 fully saturated rings. The van der Waals surface area contributed by atoms with E-state index in [0.717, 1.165) is 28.9 Å². The Morgan fingerprint density at radius 3 is 2.53 bits per heavy atom. The summed E-state index contributed by atoms with van der Waals surface area (Å²) < 4.78 is 5.85. The Hall–Kier alpha value is -3.78. The average Bonchev–Trinajstić information content (AvgIpc) is 2.91. The van der Waals surface area contributed by atoms with Gasteiger partial charge in [-0.2, -0.15) is 0 Å². The van der Waals surface area contributed by atoms with Crippen molar-refractivity contribution in [3.8, 4) is 0 Å². The number of hydrogen-bond acceptors (Lipinski definition) is 6. The van der Waals surface area contributed by atoms with E-state index in [1.165, 1.54) is 0 Å². The fourth-order valence-corrected chi connectivity index (χ4v) is 4.64. The van der Waals surface area contributed by atoms with Gasteiger partial charge in [-0.05, 0) is 37.0 Å². The summed E-state index contributed by atoms with van der Waals surface area (Å²) in [6.45, 7) is 20.7. The molecule has 8 heteroatoms. The van der Waals surface area contributed by atoms with Crippen LogP contribution >= 0.6 is 0 Å². The smallest absolute Gasteiger partial charge is 0.242 e. The number of nitrogens with zero attached hydrogens (tertiary/aromatic N) is 4. The SMILES string of the molecule is C=C/C=C(CN1CC2N(CC1=O)C(=O)CN(CC=C)N2C(=C)NCc1ccccc1)\C(C)=C(/C)OCCC. The molecule has 0 bridgehead atoms. The Labute approximate surface area is 227 Å². The third-order valence-corrected chi connectivity index (χ3v) is 6.80. The van der Waals surface area contributed by atoms with Gasteiger partial charge in [0.1, 0.15) is 18.5 Å². The molecule has 2 saturated heterocycles. The topological polar surface area (TPSA) is 68.4 Å². The number of ether oxygens (including phenoxy) is 1. The van der Waals surface area contributed by atoms with Gasteiger partial charge in [-0.25, -0.2) is 5.01 Å². The van der Waals surface area contributed by atoms with Crippen molar-refractivity contribution in [1.29, 1.82) is 0 Å². The lowest BCUT2D eigenvalue weighted by atomic mass is 10.0. The number of rotatable bonds is 13. The highest BCUT2D eigenvalue weighted by Crippen LogP contribution is 2.27. The zero-order valence-electron chi connectivity index (χ0n) is 23.0. The first-order valence-electron chi connectivity index (χ1n) is 13.1. The molecule has 2 aliphatic heterocycles. The molecule has 8 nitrogen and oxygen atoms in total. The molecular weight excluding hydrogens is 478 g/mol. The maximum Gasteiger partial charge on any atom is 0.242 e. The monoisotopic (exact) mass is 519 g/mol. The number of hydrogen-bond donors (Lipinski definition) is 1. The lowest BCUT2D eigenvalue weighted by Crippen LogP contribution is -2.72. The molecule has 1 N–H and O–H groups in total. The molecule has 0 radical (unpaired) electrons. The van der Waals surface area contributed by atoms with Crippen molar-refractivity contribution in [3.63, 3.8) is 0 Å². The maximum absolute atomic E-state index is 13.2. The largest absolute Gasteiger partial charge is 0.498 e. The molecule has 2 aliphatic rings. The molecule has 0 spiro atoms. The van der Waals surface area contributed by atoms with Gasteiger partial charge >= 0.3 is 0 Å². The molecule has 2 amide bonds. The Kier molecular flexibility index (Phi) is 10.4. The molecule has 0 aliphatic carbocycles. The highest BCUT2D eigenvalue weighted by molar-refractivity contribution is 5.88. The standard InChI is InChI=1S/C30H41N5O3/c1-7-13-27(23(4)24(5)38-17-9-3)19-32-20-28-34(22-29(32)36)30(37)21-33(16-8-2)35(28)25(6)31-18-26-14-11-10-12-15-26/h7-8,10-15,28,31H,1-2,6,9,16-22H2,3-5H3/b24-23+,27-13-. The van der Waals surface area contributed by atoms with Gasteiger partial charge in [0.2, 0.25) is 11.8 Å². The summed E-state index contributed by atoms with van der Waals surface area (Å²) in [4.78, 5) is 29.8. The highest BCUT2D eigenvalue weighted by atomic mass is 16.5. The molecule has 2 heterocycles. The summed E-state index contributed by atoms with van der Waals surface area (Å²) in [5, 5.41) is 7.34. The van der Waals surface area contributed by atoms with Crippen molar-refractivity contribution >= 4 is 11.8 Å². The quantitative estimate of drug-likeness (QED) is 0.243. The van der Waals surface area contributed by atoms with Crippen LogP contribution in [0.5, 0.6) is 0 Å². The third-order valence-electron chi connectivity index (χ3n) is 6.80. The van der Waals surface area contributed by atoms with E-state index in [1.54, 1.807) is 22.0 Å². The van der Waals surface area contributed by atoms with Gasteiger partial charge in [-0.15, -0.1) is 6.58 Å². The molecule has 0 saturated carbocycles. The second kappa shape index (κ2) is 13.7. The molecule has 0 aromatic heterocycles. The van der Waals surface area contributed by atoms with Gasteiger partial charge < -0.3 is 19.9 Å². The van der Waals surface area contributed by atoms with Crippen LogP contribution in [0.3, 0.4) is 0 Å². The van der Waals surface area contributed by atoms with Crippen LogP contribution in [0.1, 0.15) is 32.8 Å². The summed E-state index contributed by atoms with van der Waals surface area (Å²) in [7, 11) is 0. The zero-order chi connectivity index (χ0) is 27.7. The van der Waals surface area contributed by atoms with Crippen molar-refractivity contribution in [1.82, 2.24) is 25.1 Å². The number of hydrazine groups is 1. The van der Waals surface area contributed by atoms with Crippen LogP contribution in [0.15, 0.2) is 91.0 Å². The third kappa shape index (κ3) is 6.95. The van der Waals surface area contributed by atoms with Crippen molar-refractivity contribution in [3.05, 3.63) is 96.6 Å². The average molecular weight is 520 g/mol. The van der Waals surface area contributed by atoms with E-state index in [9.17, 15) is 9.59 Å². The number of fused-ring (bicyclic) bond motifs is 1. The minimum atomic E-state index is -0.392. The summed E-state index contributed by atoms with van der Waals surface area (Å²) in [5.41, 5.74) is 3.05. The van der Waals surface area contributed by atoms with Crippen LogP contribution in [-0.4, -0.2) is 77.1 Å². The van der Waals surface area contributed by atoms with Gasteiger partial charge in [0.15, 0.2) is 0 Å². The van der Waals surface area contributed by atoms with Crippen LogP contribution in [-0.2, 0) is 20.9 Å². The first-order valence-corrected chi connectivity index (χ1v) is 13.1. The summed E-state index contributed by atoms with van der Waals surface area (Å²) in [6, 6.07) is 10.1. The number of amides is 2. The first-order chi connectivity index (χ1) is 18.3. The number of allylic oxidation sites excluding steroid dienone is 3. The van der Waals surface area contributed by atoms with Crippen molar-refractivity contribution in [2.75, 3.05) is 39.3 Å². The predicted molar refractivity (Wildman–Crippen MR) is 151 cm³/mol. The molecule has 1 atom stereocenters. The van der Waals surface area contributed by atoms with Crippen LogP contribution in [0.4, 0.5) is 0 Å². The Morgan fingerprint density at radius 2 is 1.87 bits per heavy atom. The minimum absolute atomic E-state index is 0.0172. The molecule has 38 heavy (non-hydrogen) atoms. The second-order valence-electron chi connectivity index (χ2n) is 9.50. The van der Waals surface area contributed by atoms with Crippen molar-refractivity contribution < 1.29 is 14.3 Å². The van der Waals surface area contributed by atoms with E-state index >= 15 is 0 Å². The van der Waals surface area contributed by atoms with E-state index in [1.807, 2.05) is 60.3 Å².